The average Bonchev–Trinajstić information content (AvgIpc) is 2.59. The molecule has 0 heterocycles. The summed E-state index contributed by atoms with van der Waals surface area (Å²) in [6.45, 7) is 5.83. The maximum Gasteiger partial charge on any atom is 0.159 e. The topological polar surface area (TPSA) is 54.0 Å². The van der Waals surface area contributed by atoms with E-state index in [9.17, 15) is 4.79 Å². The molecule has 0 aliphatic carbocycles. The van der Waals surface area contributed by atoms with E-state index in [0.29, 0.717) is 46.2 Å². The van der Waals surface area contributed by atoms with Gasteiger partial charge >= 0.3 is 0 Å². The summed E-state index contributed by atoms with van der Waals surface area (Å²) in [6.07, 6.45) is 1.78. The normalized spacial score (nSPS) is 10.8. The van der Waals surface area contributed by atoms with E-state index >= 15 is 0 Å². The van der Waals surface area contributed by atoms with Gasteiger partial charge in [0.25, 0.3) is 0 Å². The van der Waals surface area contributed by atoms with Gasteiger partial charge in [-0.05, 0) is 6.92 Å². The Labute approximate surface area is 145 Å². The molecule has 1 aromatic rings. The molecule has 0 N–H and O–H groups in total. The Balaban J connectivity index is 1.87. The summed E-state index contributed by atoms with van der Waals surface area (Å²) >= 11 is 0. The molecule has 0 aliphatic rings. The van der Waals surface area contributed by atoms with Gasteiger partial charge in [-0.15, -0.1) is 0 Å². The molecule has 1 radical (unpaired) electrons. The highest BCUT2D eigenvalue weighted by molar-refractivity contribution is 6.34. The maximum atomic E-state index is 11.2. The smallest absolute Gasteiger partial charge is 0.159 e. The molecular weight excluding hydrogens is 307 g/mol. The first-order valence-electron chi connectivity index (χ1n) is 8.37. The van der Waals surface area contributed by atoms with Gasteiger partial charge < -0.3 is 18.9 Å². The fourth-order valence-corrected chi connectivity index (χ4v) is 2.00. The molecule has 0 atom stereocenters. The molecule has 133 valence electrons. The lowest BCUT2D eigenvalue weighted by Gasteiger charge is -2.06. The van der Waals surface area contributed by atoms with E-state index in [-0.39, 0.29) is 5.78 Å². The predicted molar refractivity (Wildman–Crippen MR) is 95.0 cm³/mol. The fraction of sp³-hybridized carbons (Fsp3) is 0.611. The van der Waals surface area contributed by atoms with Gasteiger partial charge in [0.15, 0.2) is 5.78 Å². The number of hydrogen-bond donors (Lipinski definition) is 0. The Morgan fingerprint density at radius 2 is 1.42 bits per heavy atom. The molecule has 0 aromatic heterocycles. The second kappa shape index (κ2) is 14.2. The van der Waals surface area contributed by atoms with Gasteiger partial charge in [0.1, 0.15) is 7.28 Å². The van der Waals surface area contributed by atoms with Gasteiger partial charge in [0.05, 0.1) is 39.6 Å². The monoisotopic (exact) mass is 335 g/mol. The Kier molecular flexibility index (Phi) is 12.3. The molecule has 5 nitrogen and oxygen atoms in total. The summed E-state index contributed by atoms with van der Waals surface area (Å²) in [5.74, 6) is 0.0997. The molecular formula is C18H28BO5. The minimum Gasteiger partial charge on any atom is -0.382 e. The van der Waals surface area contributed by atoms with Gasteiger partial charge in [-0.1, -0.05) is 42.5 Å². The van der Waals surface area contributed by atoms with Crippen LogP contribution >= 0.6 is 0 Å². The van der Waals surface area contributed by atoms with E-state index < -0.39 is 0 Å². The van der Waals surface area contributed by atoms with Crippen LogP contribution in [0.4, 0.5) is 0 Å². The van der Waals surface area contributed by atoms with E-state index in [0.717, 1.165) is 18.2 Å². The Hall–Kier alpha value is -1.21. The average molecular weight is 335 g/mol. The molecule has 24 heavy (non-hydrogen) atoms. The standard InChI is InChI=1S/C18H28BO5/c1-16(20)18-5-3-17(4-6-18)15-19-7-8-22-11-12-24-14-13-23-10-9-21-2/h3-6H,7-15H2,1-2H3. The van der Waals surface area contributed by atoms with Crippen LogP contribution in [0.2, 0.25) is 6.32 Å². The number of ether oxygens (including phenoxy) is 4. The van der Waals surface area contributed by atoms with Crippen LogP contribution in [0.3, 0.4) is 0 Å². The second-order valence-electron chi connectivity index (χ2n) is 5.36. The third kappa shape index (κ3) is 10.5. The minimum absolute atomic E-state index is 0.0997. The van der Waals surface area contributed by atoms with Crippen LogP contribution < -0.4 is 0 Å². The molecule has 0 saturated carbocycles. The zero-order chi connectivity index (χ0) is 17.5. The molecule has 1 aromatic carbocycles. The van der Waals surface area contributed by atoms with Crippen molar-refractivity contribution in [1.29, 1.82) is 0 Å². The highest BCUT2D eigenvalue weighted by atomic mass is 16.6. The summed E-state index contributed by atoms with van der Waals surface area (Å²) in [5.41, 5.74) is 1.96. The molecule has 0 amide bonds. The Morgan fingerprint density at radius 3 is 1.96 bits per heavy atom. The van der Waals surface area contributed by atoms with Gasteiger partial charge in [-0.3, -0.25) is 4.79 Å². The summed E-state index contributed by atoms with van der Waals surface area (Å²) in [4.78, 5) is 11.2. The molecule has 0 spiro atoms. The van der Waals surface area contributed by atoms with Crippen LogP contribution in [-0.4, -0.2) is 66.4 Å². The van der Waals surface area contributed by atoms with Gasteiger partial charge in [-0.25, -0.2) is 0 Å². The molecule has 0 saturated heterocycles. The Morgan fingerprint density at radius 1 is 0.875 bits per heavy atom. The van der Waals surface area contributed by atoms with Crippen LogP contribution in [0.15, 0.2) is 24.3 Å². The van der Waals surface area contributed by atoms with Gasteiger partial charge in [0.2, 0.25) is 0 Å². The molecule has 0 aliphatic heterocycles. The third-order valence-electron chi connectivity index (χ3n) is 3.38. The van der Waals surface area contributed by atoms with Gasteiger partial charge in [0, 0.05) is 19.3 Å². The van der Waals surface area contributed by atoms with Crippen molar-refractivity contribution in [2.45, 2.75) is 19.6 Å². The quantitative estimate of drug-likeness (QED) is 0.279. The number of Topliss-reactive ketones (excluding diaryl/α,β-unsaturated/α-hetero) is 1. The molecule has 1 rings (SSSR count). The number of benzene rings is 1. The SMILES string of the molecule is COCCOCCOCCOCC[B]Cc1ccc(C(C)=O)cc1. The summed E-state index contributed by atoms with van der Waals surface area (Å²) < 4.78 is 21.1. The van der Waals surface area contributed by atoms with Gasteiger partial charge in [-0.2, -0.15) is 0 Å². The lowest BCUT2D eigenvalue weighted by Crippen LogP contribution is -2.12. The van der Waals surface area contributed by atoms with E-state index in [4.69, 9.17) is 18.9 Å². The van der Waals surface area contributed by atoms with E-state index in [1.807, 2.05) is 24.3 Å². The number of ketones is 1. The lowest BCUT2D eigenvalue weighted by atomic mass is 9.69. The zero-order valence-electron chi connectivity index (χ0n) is 14.8. The van der Waals surface area contributed by atoms with Crippen molar-refractivity contribution >= 4 is 13.1 Å². The number of carbonyl (C=O) groups is 1. The number of hydrogen-bond acceptors (Lipinski definition) is 5. The largest absolute Gasteiger partial charge is 0.382 e. The summed E-state index contributed by atoms with van der Waals surface area (Å²) in [6, 6.07) is 7.74. The van der Waals surface area contributed by atoms with Crippen molar-refractivity contribution in [3.8, 4) is 0 Å². The first kappa shape index (κ1) is 20.8. The molecule has 6 heteroatoms. The maximum absolute atomic E-state index is 11.2. The van der Waals surface area contributed by atoms with Crippen LogP contribution in [0.25, 0.3) is 0 Å². The van der Waals surface area contributed by atoms with Crippen molar-refractivity contribution in [1.82, 2.24) is 0 Å². The highest BCUT2D eigenvalue weighted by Crippen LogP contribution is 2.06. The first-order chi connectivity index (χ1) is 11.7. The van der Waals surface area contributed by atoms with E-state index in [1.54, 1.807) is 14.0 Å². The molecule has 0 bridgehead atoms. The lowest BCUT2D eigenvalue weighted by molar-refractivity contribution is 0.00534. The van der Waals surface area contributed by atoms with Crippen molar-refractivity contribution in [2.75, 3.05) is 53.4 Å². The number of carbonyl (C=O) groups excluding carboxylic acids is 1. The van der Waals surface area contributed by atoms with Crippen molar-refractivity contribution in [3.05, 3.63) is 35.4 Å². The van der Waals surface area contributed by atoms with Crippen LogP contribution in [-0.2, 0) is 25.3 Å². The summed E-state index contributed by atoms with van der Waals surface area (Å²) in [5, 5.41) is 0. The molecule has 0 fully saturated rings. The van der Waals surface area contributed by atoms with E-state index in [2.05, 4.69) is 7.28 Å². The number of rotatable bonds is 15. The van der Waals surface area contributed by atoms with Crippen molar-refractivity contribution in [3.63, 3.8) is 0 Å². The van der Waals surface area contributed by atoms with Crippen LogP contribution in [0.5, 0.6) is 0 Å². The Bertz CT molecular complexity index is 436. The number of methoxy groups -OCH3 is 1. The first-order valence-corrected chi connectivity index (χ1v) is 8.37. The fourth-order valence-electron chi connectivity index (χ4n) is 2.00. The van der Waals surface area contributed by atoms with Crippen LogP contribution in [0.1, 0.15) is 22.8 Å². The summed E-state index contributed by atoms with van der Waals surface area (Å²) in [7, 11) is 3.84. The third-order valence-corrected chi connectivity index (χ3v) is 3.38. The molecule has 0 unspecified atom stereocenters. The van der Waals surface area contributed by atoms with Crippen molar-refractivity contribution in [2.24, 2.45) is 0 Å². The van der Waals surface area contributed by atoms with Crippen molar-refractivity contribution < 1.29 is 23.7 Å². The predicted octanol–water partition coefficient (Wildman–Crippen LogP) is 2.21. The minimum atomic E-state index is 0.0997. The zero-order valence-corrected chi connectivity index (χ0v) is 14.8. The highest BCUT2D eigenvalue weighted by Gasteiger charge is 2.00. The second-order valence-corrected chi connectivity index (χ2v) is 5.36. The van der Waals surface area contributed by atoms with Crippen LogP contribution in [0, 0.1) is 0 Å². The van der Waals surface area contributed by atoms with E-state index in [1.165, 1.54) is 5.56 Å².